The summed E-state index contributed by atoms with van der Waals surface area (Å²) >= 11 is 3.42. The van der Waals surface area contributed by atoms with Crippen molar-refractivity contribution in [1.82, 2.24) is 9.97 Å². The Bertz CT molecular complexity index is 722. The van der Waals surface area contributed by atoms with Gasteiger partial charge in [0.1, 0.15) is 16.2 Å². The number of rotatable bonds is 4. The molecule has 0 unspecified atom stereocenters. The van der Waals surface area contributed by atoms with Crippen LogP contribution in [0.15, 0.2) is 41.7 Å². The van der Waals surface area contributed by atoms with E-state index in [-0.39, 0.29) is 6.61 Å². The van der Waals surface area contributed by atoms with Crippen LogP contribution in [-0.2, 0) is 12.4 Å². The molecule has 3 aromatic rings. The van der Waals surface area contributed by atoms with Crippen LogP contribution >= 0.6 is 23.1 Å². The minimum Gasteiger partial charge on any atom is -0.392 e. The zero-order valence-corrected chi connectivity index (χ0v) is 12.7. The van der Waals surface area contributed by atoms with Gasteiger partial charge in [-0.2, -0.15) is 0 Å². The number of hydrogen-bond donors (Lipinski definition) is 1. The number of aromatic nitrogens is 2. The van der Waals surface area contributed by atoms with Gasteiger partial charge in [-0.25, -0.2) is 9.97 Å². The van der Waals surface area contributed by atoms with Gasteiger partial charge in [-0.3, -0.25) is 0 Å². The van der Waals surface area contributed by atoms with Crippen molar-refractivity contribution in [3.8, 4) is 0 Å². The first-order chi connectivity index (χ1) is 9.76. The monoisotopic (exact) mass is 302 g/mol. The average molecular weight is 302 g/mol. The second kappa shape index (κ2) is 5.91. The fraction of sp³-hybridized carbons (Fsp3) is 0.200. The van der Waals surface area contributed by atoms with Gasteiger partial charge in [0.25, 0.3) is 0 Å². The van der Waals surface area contributed by atoms with Crippen LogP contribution in [0.25, 0.3) is 10.2 Å². The summed E-state index contributed by atoms with van der Waals surface area (Å²) in [4.78, 5) is 11.0. The average Bonchev–Trinajstić information content (AvgIpc) is 2.86. The number of aliphatic hydroxyl groups excluding tert-OH is 1. The van der Waals surface area contributed by atoms with Crippen LogP contribution in [0.2, 0.25) is 0 Å². The topological polar surface area (TPSA) is 46.0 Å². The van der Waals surface area contributed by atoms with Crippen molar-refractivity contribution in [3.63, 3.8) is 0 Å². The maximum Gasteiger partial charge on any atom is 0.128 e. The maximum absolute atomic E-state index is 9.04. The summed E-state index contributed by atoms with van der Waals surface area (Å²) in [5.41, 5.74) is 2.17. The van der Waals surface area contributed by atoms with Crippen molar-refractivity contribution in [2.75, 3.05) is 0 Å². The Morgan fingerprint density at radius 1 is 1.15 bits per heavy atom. The second-order valence-corrected chi connectivity index (χ2v) is 6.72. The van der Waals surface area contributed by atoms with E-state index in [4.69, 9.17) is 5.11 Å². The van der Waals surface area contributed by atoms with E-state index in [1.807, 2.05) is 12.1 Å². The lowest BCUT2D eigenvalue weighted by atomic mass is 10.2. The highest BCUT2D eigenvalue weighted by Gasteiger charge is 2.07. The van der Waals surface area contributed by atoms with Crippen LogP contribution in [0, 0.1) is 6.92 Å². The highest BCUT2D eigenvalue weighted by atomic mass is 32.2. The Hall–Kier alpha value is -1.43. The normalized spacial score (nSPS) is 11.1. The third-order valence-electron chi connectivity index (χ3n) is 3.00. The standard InChI is InChI=1S/C15H14N2OS2/c1-10-6-13-14(16-9-17-15(13)20-10)19-8-12-4-2-11(7-18)3-5-12/h2-6,9,18H,7-8H2,1H3. The van der Waals surface area contributed by atoms with E-state index in [9.17, 15) is 0 Å². The highest BCUT2D eigenvalue weighted by Crippen LogP contribution is 2.31. The molecule has 0 aliphatic carbocycles. The van der Waals surface area contributed by atoms with Gasteiger partial charge in [-0.05, 0) is 24.1 Å². The summed E-state index contributed by atoms with van der Waals surface area (Å²) in [5.74, 6) is 0.868. The number of benzene rings is 1. The largest absolute Gasteiger partial charge is 0.392 e. The summed E-state index contributed by atoms with van der Waals surface area (Å²) in [6.07, 6.45) is 1.63. The third kappa shape index (κ3) is 2.85. The summed E-state index contributed by atoms with van der Waals surface area (Å²) < 4.78 is 0. The van der Waals surface area contributed by atoms with Gasteiger partial charge in [0.2, 0.25) is 0 Å². The number of nitrogens with zero attached hydrogens (tertiary/aromatic N) is 2. The van der Waals surface area contributed by atoms with Gasteiger partial charge < -0.3 is 5.11 Å². The summed E-state index contributed by atoms with van der Waals surface area (Å²) in [5, 5.41) is 11.2. The van der Waals surface area contributed by atoms with Crippen LogP contribution in [0.3, 0.4) is 0 Å². The van der Waals surface area contributed by atoms with E-state index in [1.54, 1.807) is 29.4 Å². The van der Waals surface area contributed by atoms with Gasteiger partial charge in [-0.1, -0.05) is 24.3 Å². The maximum atomic E-state index is 9.04. The molecule has 1 N–H and O–H groups in total. The lowest BCUT2D eigenvalue weighted by molar-refractivity contribution is 0.282. The zero-order chi connectivity index (χ0) is 13.9. The first kappa shape index (κ1) is 13.5. The first-order valence-electron chi connectivity index (χ1n) is 6.29. The molecule has 2 aromatic heterocycles. The smallest absolute Gasteiger partial charge is 0.128 e. The van der Waals surface area contributed by atoms with E-state index < -0.39 is 0 Å². The van der Waals surface area contributed by atoms with Gasteiger partial charge >= 0.3 is 0 Å². The van der Waals surface area contributed by atoms with Crippen molar-refractivity contribution in [1.29, 1.82) is 0 Å². The molecule has 0 atom stereocenters. The molecule has 102 valence electrons. The third-order valence-corrected chi connectivity index (χ3v) is 5.03. The molecule has 20 heavy (non-hydrogen) atoms. The van der Waals surface area contributed by atoms with E-state index in [2.05, 4.69) is 35.1 Å². The molecule has 0 aliphatic heterocycles. The summed E-state index contributed by atoms with van der Waals surface area (Å²) in [6.45, 7) is 2.18. The lowest BCUT2D eigenvalue weighted by Crippen LogP contribution is -1.87. The molecule has 5 heteroatoms. The SMILES string of the molecule is Cc1cc2c(SCc3ccc(CO)cc3)ncnc2s1. The van der Waals surface area contributed by atoms with Crippen LogP contribution in [0.4, 0.5) is 0 Å². The Balaban J connectivity index is 1.79. The molecule has 0 radical (unpaired) electrons. The highest BCUT2D eigenvalue weighted by molar-refractivity contribution is 7.98. The van der Waals surface area contributed by atoms with E-state index in [1.165, 1.54) is 10.4 Å². The molecule has 0 bridgehead atoms. The Kier molecular flexibility index (Phi) is 4.00. The molecule has 0 aliphatic rings. The summed E-state index contributed by atoms with van der Waals surface area (Å²) in [6, 6.07) is 10.2. The Labute approximate surface area is 125 Å². The van der Waals surface area contributed by atoms with E-state index in [0.29, 0.717) is 0 Å². The van der Waals surface area contributed by atoms with Crippen molar-refractivity contribution < 1.29 is 5.11 Å². The van der Waals surface area contributed by atoms with E-state index >= 15 is 0 Å². The molecule has 0 fully saturated rings. The number of thioether (sulfide) groups is 1. The van der Waals surface area contributed by atoms with Crippen molar-refractivity contribution in [2.45, 2.75) is 24.3 Å². The predicted molar refractivity (Wildman–Crippen MR) is 84.1 cm³/mol. The van der Waals surface area contributed by atoms with Gasteiger partial charge in [0.05, 0.1) is 6.61 Å². The molecule has 2 heterocycles. The molecule has 0 spiro atoms. The number of thiophene rings is 1. The number of fused-ring (bicyclic) bond motifs is 1. The fourth-order valence-electron chi connectivity index (χ4n) is 1.96. The number of aryl methyl sites for hydroxylation is 1. The zero-order valence-electron chi connectivity index (χ0n) is 11.0. The minimum absolute atomic E-state index is 0.0914. The van der Waals surface area contributed by atoms with Gasteiger partial charge in [-0.15, -0.1) is 23.1 Å². The molecule has 0 saturated carbocycles. The van der Waals surface area contributed by atoms with Gasteiger partial charge in [0.15, 0.2) is 0 Å². The van der Waals surface area contributed by atoms with Crippen LogP contribution in [0.5, 0.6) is 0 Å². The van der Waals surface area contributed by atoms with Crippen LogP contribution in [-0.4, -0.2) is 15.1 Å². The quantitative estimate of drug-likeness (QED) is 0.588. The predicted octanol–water partition coefficient (Wildman–Crippen LogP) is 3.78. The summed E-state index contributed by atoms with van der Waals surface area (Å²) in [7, 11) is 0. The van der Waals surface area contributed by atoms with Crippen molar-refractivity contribution in [3.05, 3.63) is 52.7 Å². The molecule has 3 rings (SSSR count). The fourth-order valence-corrected chi connectivity index (χ4v) is 3.80. The molecular formula is C15H14N2OS2. The molecule has 1 aromatic carbocycles. The Morgan fingerprint density at radius 3 is 2.65 bits per heavy atom. The lowest BCUT2D eigenvalue weighted by Gasteiger charge is -2.03. The number of hydrogen-bond acceptors (Lipinski definition) is 5. The van der Waals surface area contributed by atoms with Crippen LogP contribution in [0.1, 0.15) is 16.0 Å². The molecular weight excluding hydrogens is 288 g/mol. The van der Waals surface area contributed by atoms with Gasteiger partial charge in [0, 0.05) is 16.0 Å². The second-order valence-electron chi connectivity index (χ2n) is 4.52. The van der Waals surface area contributed by atoms with Crippen molar-refractivity contribution >= 4 is 33.3 Å². The van der Waals surface area contributed by atoms with Crippen molar-refractivity contribution in [2.24, 2.45) is 0 Å². The Morgan fingerprint density at radius 2 is 1.90 bits per heavy atom. The van der Waals surface area contributed by atoms with Crippen LogP contribution < -0.4 is 0 Å². The molecule has 0 saturated heterocycles. The van der Waals surface area contributed by atoms with E-state index in [0.717, 1.165) is 26.6 Å². The minimum atomic E-state index is 0.0914. The number of aliphatic hydroxyl groups is 1. The first-order valence-corrected chi connectivity index (χ1v) is 8.09. The molecule has 3 nitrogen and oxygen atoms in total. The molecule has 0 amide bonds.